The second-order valence-electron chi connectivity index (χ2n) is 3.84. The van der Waals surface area contributed by atoms with Crippen LogP contribution in [0, 0.1) is 0 Å². The van der Waals surface area contributed by atoms with Crippen LogP contribution in [0.4, 0.5) is 0 Å². The zero-order valence-electron chi connectivity index (χ0n) is 9.81. The molecule has 0 saturated carbocycles. The topological polar surface area (TPSA) is 75.9 Å². The van der Waals surface area contributed by atoms with Crippen LogP contribution >= 0.6 is 0 Å². The molecule has 0 unspecified atom stereocenters. The molecule has 1 fully saturated rings. The van der Waals surface area contributed by atoms with E-state index in [2.05, 4.69) is 4.90 Å². The van der Waals surface area contributed by atoms with E-state index in [4.69, 9.17) is 10.5 Å². The maximum absolute atomic E-state index is 11.6. The number of nitrogens with two attached hydrogens (primary N) is 1. The number of hydrogen-bond donors (Lipinski definition) is 1. The van der Waals surface area contributed by atoms with Crippen LogP contribution in [0.5, 0.6) is 0 Å². The number of ether oxygens (including phenoxy) is 1. The minimum Gasteiger partial charge on any atom is -0.467 e. The Balaban J connectivity index is 2.69. The number of rotatable bonds is 3. The summed E-state index contributed by atoms with van der Waals surface area (Å²) in [6.45, 7) is 4.56. The Morgan fingerprint density at radius 1 is 1.44 bits per heavy atom. The maximum atomic E-state index is 11.6. The summed E-state index contributed by atoms with van der Waals surface area (Å²) >= 11 is 0. The van der Waals surface area contributed by atoms with Gasteiger partial charge in [0.2, 0.25) is 5.91 Å². The van der Waals surface area contributed by atoms with Crippen molar-refractivity contribution < 1.29 is 14.3 Å². The first-order chi connectivity index (χ1) is 7.60. The molecule has 1 amide bonds. The first-order valence-electron chi connectivity index (χ1n) is 5.37. The highest BCUT2D eigenvalue weighted by molar-refractivity contribution is 5.83. The molecule has 16 heavy (non-hydrogen) atoms. The SMILES string of the molecule is COC(=O)[C@H]1CN(CCN)CCN1C(C)=O. The normalized spacial score (nSPS) is 21.9. The van der Waals surface area contributed by atoms with Crippen LogP contribution in [0.25, 0.3) is 0 Å². The molecule has 1 aliphatic rings. The lowest BCUT2D eigenvalue weighted by atomic mass is 10.1. The molecule has 6 nitrogen and oxygen atoms in total. The predicted molar refractivity (Wildman–Crippen MR) is 58.7 cm³/mol. The summed E-state index contributed by atoms with van der Waals surface area (Å²) in [5.41, 5.74) is 5.47. The van der Waals surface area contributed by atoms with Crippen molar-refractivity contribution in [3.63, 3.8) is 0 Å². The third kappa shape index (κ3) is 2.93. The van der Waals surface area contributed by atoms with E-state index >= 15 is 0 Å². The van der Waals surface area contributed by atoms with Gasteiger partial charge in [-0.1, -0.05) is 0 Å². The standard InChI is InChI=1S/C10H19N3O3/c1-8(14)13-6-5-12(4-3-11)7-9(13)10(15)16-2/h9H,3-7,11H2,1-2H3/t9-/m1/s1. The molecule has 1 saturated heterocycles. The van der Waals surface area contributed by atoms with E-state index in [0.29, 0.717) is 19.6 Å². The Morgan fingerprint density at radius 3 is 2.62 bits per heavy atom. The van der Waals surface area contributed by atoms with Gasteiger partial charge in [-0.3, -0.25) is 9.69 Å². The Kier molecular flexibility index (Phi) is 4.70. The average molecular weight is 229 g/mol. The van der Waals surface area contributed by atoms with Crippen molar-refractivity contribution >= 4 is 11.9 Å². The zero-order valence-corrected chi connectivity index (χ0v) is 9.81. The molecule has 0 bridgehead atoms. The Hall–Kier alpha value is -1.14. The van der Waals surface area contributed by atoms with Gasteiger partial charge in [-0.05, 0) is 0 Å². The number of piperazine rings is 1. The second kappa shape index (κ2) is 5.81. The molecular formula is C10H19N3O3. The largest absolute Gasteiger partial charge is 0.467 e. The number of hydrogen-bond acceptors (Lipinski definition) is 5. The smallest absolute Gasteiger partial charge is 0.329 e. The van der Waals surface area contributed by atoms with Crippen molar-refractivity contribution in [1.82, 2.24) is 9.80 Å². The second-order valence-corrected chi connectivity index (χ2v) is 3.84. The number of esters is 1. The molecule has 0 aliphatic carbocycles. The molecule has 1 aliphatic heterocycles. The van der Waals surface area contributed by atoms with E-state index in [1.807, 2.05) is 0 Å². The highest BCUT2D eigenvalue weighted by Crippen LogP contribution is 2.11. The molecule has 0 aromatic heterocycles. The summed E-state index contributed by atoms with van der Waals surface area (Å²) in [7, 11) is 1.34. The summed E-state index contributed by atoms with van der Waals surface area (Å²) in [5, 5.41) is 0. The van der Waals surface area contributed by atoms with Crippen molar-refractivity contribution in [2.45, 2.75) is 13.0 Å². The molecule has 6 heteroatoms. The molecular weight excluding hydrogens is 210 g/mol. The van der Waals surface area contributed by atoms with Gasteiger partial charge in [-0.15, -0.1) is 0 Å². The van der Waals surface area contributed by atoms with Gasteiger partial charge in [-0.2, -0.15) is 0 Å². The van der Waals surface area contributed by atoms with Gasteiger partial charge in [0.1, 0.15) is 6.04 Å². The zero-order chi connectivity index (χ0) is 12.1. The van der Waals surface area contributed by atoms with Crippen molar-refractivity contribution in [2.75, 3.05) is 39.8 Å². The van der Waals surface area contributed by atoms with Crippen LogP contribution in [0.15, 0.2) is 0 Å². The first kappa shape index (κ1) is 12.9. The van der Waals surface area contributed by atoms with Gasteiger partial charge in [0.25, 0.3) is 0 Å². The molecule has 1 heterocycles. The molecule has 1 atom stereocenters. The summed E-state index contributed by atoms with van der Waals surface area (Å²) in [4.78, 5) is 26.6. The van der Waals surface area contributed by atoms with Crippen molar-refractivity contribution in [3.8, 4) is 0 Å². The minimum absolute atomic E-state index is 0.0946. The Morgan fingerprint density at radius 2 is 2.12 bits per heavy atom. The lowest BCUT2D eigenvalue weighted by Crippen LogP contribution is -2.58. The van der Waals surface area contributed by atoms with E-state index in [-0.39, 0.29) is 11.9 Å². The fourth-order valence-corrected chi connectivity index (χ4v) is 1.94. The predicted octanol–water partition coefficient (Wildman–Crippen LogP) is -1.35. The molecule has 92 valence electrons. The average Bonchev–Trinajstić information content (AvgIpc) is 2.28. The highest BCUT2D eigenvalue weighted by Gasteiger charge is 2.34. The van der Waals surface area contributed by atoms with Crippen LogP contribution in [0.2, 0.25) is 0 Å². The fraction of sp³-hybridized carbons (Fsp3) is 0.800. The number of amides is 1. The Bertz CT molecular complexity index is 270. The number of carbonyl (C=O) groups is 2. The summed E-state index contributed by atoms with van der Waals surface area (Å²) in [6.07, 6.45) is 0. The highest BCUT2D eigenvalue weighted by atomic mass is 16.5. The third-order valence-corrected chi connectivity index (χ3v) is 2.79. The van der Waals surface area contributed by atoms with E-state index in [1.54, 1.807) is 4.90 Å². The Labute approximate surface area is 95.3 Å². The van der Waals surface area contributed by atoms with Crippen molar-refractivity contribution in [1.29, 1.82) is 0 Å². The molecule has 0 aromatic carbocycles. The summed E-state index contributed by atoms with van der Waals surface area (Å²) in [6, 6.07) is -0.497. The van der Waals surface area contributed by atoms with Gasteiger partial charge in [-0.25, -0.2) is 4.79 Å². The fourth-order valence-electron chi connectivity index (χ4n) is 1.94. The van der Waals surface area contributed by atoms with Crippen LogP contribution in [-0.2, 0) is 14.3 Å². The van der Waals surface area contributed by atoms with Crippen molar-refractivity contribution in [2.24, 2.45) is 5.73 Å². The molecule has 1 rings (SSSR count). The van der Waals surface area contributed by atoms with Crippen LogP contribution in [0.1, 0.15) is 6.92 Å². The number of nitrogens with zero attached hydrogens (tertiary/aromatic N) is 2. The number of carbonyl (C=O) groups excluding carboxylic acids is 2. The molecule has 0 radical (unpaired) electrons. The first-order valence-corrected chi connectivity index (χ1v) is 5.37. The van der Waals surface area contributed by atoms with Crippen molar-refractivity contribution in [3.05, 3.63) is 0 Å². The number of methoxy groups -OCH3 is 1. The van der Waals surface area contributed by atoms with Gasteiger partial charge in [0.15, 0.2) is 0 Å². The van der Waals surface area contributed by atoms with E-state index in [9.17, 15) is 9.59 Å². The van der Waals surface area contributed by atoms with Gasteiger partial charge in [0.05, 0.1) is 7.11 Å². The molecule has 2 N–H and O–H groups in total. The van der Waals surface area contributed by atoms with E-state index < -0.39 is 6.04 Å². The van der Waals surface area contributed by atoms with Gasteiger partial charge >= 0.3 is 5.97 Å². The molecule has 0 spiro atoms. The van der Waals surface area contributed by atoms with Crippen LogP contribution in [-0.4, -0.2) is 67.6 Å². The van der Waals surface area contributed by atoms with Gasteiger partial charge in [0, 0.05) is 39.6 Å². The summed E-state index contributed by atoms with van der Waals surface area (Å²) in [5.74, 6) is -0.459. The monoisotopic (exact) mass is 229 g/mol. The maximum Gasteiger partial charge on any atom is 0.329 e. The lowest BCUT2D eigenvalue weighted by Gasteiger charge is -2.39. The van der Waals surface area contributed by atoms with E-state index in [1.165, 1.54) is 14.0 Å². The quantitative estimate of drug-likeness (QED) is 0.606. The molecule has 0 aromatic rings. The third-order valence-electron chi connectivity index (χ3n) is 2.79. The lowest BCUT2D eigenvalue weighted by molar-refractivity contribution is -0.155. The summed E-state index contributed by atoms with van der Waals surface area (Å²) < 4.78 is 4.71. The van der Waals surface area contributed by atoms with Gasteiger partial charge < -0.3 is 15.4 Å². The van der Waals surface area contributed by atoms with Crippen LogP contribution < -0.4 is 5.73 Å². The van der Waals surface area contributed by atoms with Crippen LogP contribution in [0.3, 0.4) is 0 Å². The van der Waals surface area contributed by atoms with E-state index in [0.717, 1.165) is 13.1 Å². The minimum atomic E-state index is -0.497.